The number of hydrogen-bond acceptors (Lipinski definition) is 16. The van der Waals surface area contributed by atoms with E-state index >= 15 is 0 Å². The number of nitrogens with zero attached hydrogens (tertiary/aromatic N) is 8. The zero-order chi connectivity index (χ0) is 83.8. The lowest BCUT2D eigenvalue weighted by Crippen LogP contribution is -2.45. The molecule has 124 heavy (non-hydrogen) atoms. The molecule has 6 fully saturated rings. The first-order chi connectivity index (χ1) is 60.7. The lowest BCUT2D eigenvalue weighted by Gasteiger charge is -2.31. The number of imidazole rings is 4. The Balaban J connectivity index is 0.000000155. The van der Waals surface area contributed by atoms with Crippen LogP contribution >= 0.6 is 0 Å². The average molecular weight is 1660 g/mol. The van der Waals surface area contributed by atoms with Crippen molar-refractivity contribution in [1.82, 2.24) is 70.1 Å². The van der Waals surface area contributed by atoms with Crippen LogP contribution in [0.25, 0.3) is 67.3 Å². The van der Waals surface area contributed by atoms with Crippen molar-refractivity contribution >= 4 is 35.4 Å². The van der Waals surface area contributed by atoms with Crippen molar-refractivity contribution in [2.75, 3.05) is 26.2 Å². The van der Waals surface area contributed by atoms with Crippen molar-refractivity contribution in [3.05, 3.63) is 262 Å². The van der Waals surface area contributed by atoms with Crippen LogP contribution in [0.3, 0.4) is 0 Å². The van der Waals surface area contributed by atoms with Gasteiger partial charge in [-0.15, -0.1) is 0 Å². The summed E-state index contributed by atoms with van der Waals surface area (Å²) in [5.41, 5.74) is 31.3. The van der Waals surface area contributed by atoms with Crippen molar-refractivity contribution in [3.63, 3.8) is 0 Å². The molecule has 12 aromatic rings. The number of carbonyl (C=O) groups is 6. The number of carbonyl (C=O) groups excluding carboxylic acids is 6. The maximum atomic E-state index is 14.3. The summed E-state index contributed by atoms with van der Waals surface area (Å²) < 4.78 is 25.9. The number of ether oxygens (including phenoxy) is 4. The van der Waals surface area contributed by atoms with Crippen molar-refractivity contribution in [3.8, 4) is 90.3 Å². The second-order valence-electron chi connectivity index (χ2n) is 34.4. The van der Waals surface area contributed by atoms with Crippen LogP contribution in [0.4, 0.5) is 0 Å². The van der Waals surface area contributed by atoms with E-state index in [1.807, 2.05) is 166 Å². The van der Waals surface area contributed by atoms with E-state index in [0.29, 0.717) is 64.3 Å². The Morgan fingerprint density at radius 1 is 0.331 bits per heavy atom. The average Bonchev–Trinajstić information content (AvgIpc) is 1.21. The van der Waals surface area contributed by atoms with Gasteiger partial charge in [-0.3, -0.25) is 28.8 Å². The third-order valence-corrected chi connectivity index (χ3v) is 26.9. The number of H-pyrrole nitrogens is 4. The van der Waals surface area contributed by atoms with Gasteiger partial charge >= 0.3 is 0 Å². The lowest BCUT2D eigenvalue weighted by molar-refractivity contribution is -0.139. The van der Waals surface area contributed by atoms with Gasteiger partial charge in [-0.25, -0.2) is 19.9 Å². The van der Waals surface area contributed by atoms with Crippen molar-refractivity contribution < 1.29 is 47.7 Å². The molecule has 0 radical (unpaired) electrons. The summed E-state index contributed by atoms with van der Waals surface area (Å²) in [6.45, 7) is 3.91. The number of nitrogens with two attached hydrogens (primary N) is 2. The van der Waals surface area contributed by atoms with E-state index in [-0.39, 0.29) is 71.4 Å². The Morgan fingerprint density at radius 3 is 0.847 bits per heavy atom. The highest BCUT2D eigenvalue weighted by molar-refractivity contribution is 5.94. The quantitative estimate of drug-likeness (QED) is 0.0351. The highest BCUT2D eigenvalue weighted by atomic mass is 16.5. The summed E-state index contributed by atoms with van der Waals surface area (Å²) in [5, 5.41) is 6.20. The van der Waals surface area contributed by atoms with Gasteiger partial charge in [0.2, 0.25) is 35.4 Å². The molecule has 22 rings (SSSR count). The summed E-state index contributed by atoms with van der Waals surface area (Å²) in [7, 11) is 0. The minimum Gasteiger partial charge on any atom is -0.488 e. The maximum absolute atomic E-state index is 14.3. The summed E-state index contributed by atoms with van der Waals surface area (Å²) in [6.07, 6.45) is 19.4. The van der Waals surface area contributed by atoms with Gasteiger partial charge in [0.05, 0.1) is 71.7 Å². The molecule has 26 nitrogen and oxygen atoms in total. The summed E-state index contributed by atoms with van der Waals surface area (Å²) in [5.74, 6) is 5.47. The molecule has 0 spiro atoms. The third kappa shape index (κ3) is 14.5. The van der Waals surface area contributed by atoms with Crippen LogP contribution in [-0.4, -0.2) is 121 Å². The normalized spacial score (nSPS) is 19.8. The molecule has 4 aromatic heterocycles. The molecular weight excluding hydrogens is 1560 g/mol. The van der Waals surface area contributed by atoms with E-state index in [1.165, 1.54) is 0 Å². The minimum atomic E-state index is -0.761. The lowest BCUT2D eigenvalue weighted by atomic mass is 9.84. The fourth-order valence-corrected chi connectivity index (χ4v) is 19.9. The van der Waals surface area contributed by atoms with Crippen LogP contribution < -0.4 is 41.0 Å². The Bertz CT molecular complexity index is 5650. The zero-order valence-corrected chi connectivity index (χ0v) is 68.6. The predicted octanol–water partition coefficient (Wildman–Crippen LogP) is 15.2. The second-order valence-corrected chi connectivity index (χ2v) is 34.4. The molecule has 2 saturated carbocycles. The van der Waals surface area contributed by atoms with E-state index in [1.54, 1.807) is 0 Å². The number of likely N-dealkylation sites (tertiary alicyclic amines) is 4. The largest absolute Gasteiger partial charge is 0.488 e. The smallest absolute Gasteiger partial charge is 0.250 e. The van der Waals surface area contributed by atoms with Crippen LogP contribution in [0.1, 0.15) is 206 Å². The molecule has 8 aliphatic heterocycles. The Morgan fingerprint density at radius 2 is 0.589 bits per heavy atom. The molecule has 0 unspecified atom stereocenters. The van der Waals surface area contributed by atoms with Gasteiger partial charge in [0.1, 0.15) is 96.9 Å². The molecule has 628 valence electrons. The van der Waals surface area contributed by atoms with Crippen LogP contribution in [-0.2, 0) is 55.2 Å². The molecular formula is C98H96N16O10. The fourth-order valence-electron chi connectivity index (χ4n) is 19.9. The predicted molar refractivity (Wildman–Crippen MR) is 462 cm³/mol. The van der Waals surface area contributed by atoms with Crippen LogP contribution in [0.15, 0.2) is 195 Å². The van der Waals surface area contributed by atoms with Crippen molar-refractivity contribution in [2.45, 2.75) is 165 Å². The Hall–Kier alpha value is -13.5. The van der Waals surface area contributed by atoms with Gasteiger partial charge in [0.25, 0.3) is 0 Å². The van der Waals surface area contributed by atoms with E-state index in [0.717, 1.165) is 236 Å². The highest BCUT2D eigenvalue weighted by Gasteiger charge is 2.44. The van der Waals surface area contributed by atoms with Crippen LogP contribution in [0.2, 0.25) is 0 Å². The number of hydrogen-bond donors (Lipinski definition) is 8. The van der Waals surface area contributed by atoms with E-state index < -0.39 is 24.2 Å². The number of aromatic amines is 4. The standard InChI is InChI=1S/C54H54N8O6.C44H42N8O4/c63-51(33-15-7-16-33)59-47(31-11-3-1-4-12-31)53(65)61-21-9-19-41(61)49-55-27-39(57-49)35-23-37-29-68-44-26-36(24-38-30-67-43(25-35)45(37)46(38)44)40-28-56-50(58-40)42-20-10-22-62(42)54(66)48(32-13-5-2-6-14-32)60-52(64)34-17-8-18-34;45-39(25-9-3-1-4-10-25)43(53)51-15-7-13-33(51)41-47-21-31(49-41)27-17-29-23-56-36-20-28(18-30-24-55-35(19-27)37(29)38(30)36)32-22-48-42(50-32)34-14-8-16-52(34)44(54)40(46)26-11-5-2-6-12-26/h1-6,11-14,23-28,33-34,41-42,47-48H,7-10,15-22,29-30H2,(H,55,57)(H,56,58)(H,59,63)(H,60,64);1-6,9-12,17-22,33-34,39-40H,7-8,13-16,23-24,45-46H2,(H,47,49)(H,48,50)/t41-,42-,47+,48+;33-,34-,39+,40+/m00/s1. The molecule has 26 heteroatoms. The Labute approximate surface area is 716 Å². The monoisotopic (exact) mass is 1660 g/mol. The topological polar surface area (TPSA) is 343 Å². The van der Waals surface area contributed by atoms with Crippen molar-refractivity contribution in [2.24, 2.45) is 23.3 Å². The van der Waals surface area contributed by atoms with Crippen LogP contribution in [0, 0.1) is 11.8 Å². The molecule has 12 heterocycles. The second kappa shape index (κ2) is 32.7. The van der Waals surface area contributed by atoms with Gasteiger partial charge in [-0.2, -0.15) is 0 Å². The number of aromatic nitrogens is 8. The number of benzene rings is 8. The Kier molecular flexibility index (Phi) is 20.6. The van der Waals surface area contributed by atoms with Crippen molar-refractivity contribution in [1.29, 1.82) is 0 Å². The molecule has 2 aliphatic carbocycles. The fraction of sp³-hybridized carbons (Fsp3) is 0.327. The number of nitrogens with one attached hydrogen (secondary N) is 6. The first kappa shape index (κ1) is 77.8. The molecule has 8 aromatic carbocycles. The van der Waals surface area contributed by atoms with E-state index in [2.05, 4.69) is 79.1 Å². The molecule has 10 aliphatic rings. The minimum absolute atomic E-state index is 0.0335. The summed E-state index contributed by atoms with van der Waals surface area (Å²) >= 11 is 0. The SMILES string of the molecule is N[C@@H](C(=O)N1CCC[C@H]1c1ncc(-c2cc3c4c(c2)OCc2cc(-c5cnc([C@@H]6CCCN6C(=O)[C@H](N)c6ccccc6)[nH]5)cc(c2-4)OC3)[nH]1)c1ccccc1.O=C(N[C@@H](C(=O)N1CCC[C@H]1c1ncc(-c2cc3c4c(c2)OCc2cc(-c5cnc([C@@H]6CCCN6C(=O)[C@H](NC(=O)C6CCC6)c6ccccc6)[nH]5)cc(c2-4)OC3)[nH]1)c1ccccc1)C1CCC1. The van der Waals surface area contributed by atoms with Gasteiger partial charge in [-0.05, 0) is 148 Å². The van der Waals surface area contributed by atoms with Gasteiger partial charge in [0.15, 0.2) is 0 Å². The summed E-state index contributed by atoms with van der Waals surface area (Å²) in [4.78, 5) is 123. The zero-order valence-electron chi connectivity index (χ0n) is 68.6. The van der Waals surface area contributed by atoms with Gasteiger partial charge in [-0.1, -0.05) is 134 Å². The molecule has 8 atom stereocenters. The van der Waals surface area contributed by atoms with Crippen LogP contribution in [0.5, 0.6) is 23.0 Å². The molecule has 10 N–H and O–H groups in total. The first-order valence-electron chi connectivity index (χ1n) is 43.7. The van der Waals surface area contributed by atoms with E-state index in [9.17, 15) is 28.8 Å². The molecule has 6 amide bonds. The molecule has 0 bridgehead atoms. The number of amides is 6. The maximum Gasteiger partial charge on any atom is 0.250 e. The third-order valence-electron chi connectivity index (χ3n) is 26.9. The van der Waals surface area contributed by atoms with E-state index in [4.69, 9.17) is 50.4 Å². The van der Waals surface area contributed by atoms with Gasteiger partial charge < -0.3 is 80.6 Å². The summed E-state index contributed by atoms with van der Waals surface area (Å²) in [6, 6.07) is 51.0. The highest BCUT2D eigenvalue weighted by Crippen LogP contribution is 2.54. The number of rotatable bonds is 20. The molecule has 4 saturated heterocycles. The van der Waals surface area contributed by atoms with Gasteiger partial charge in [0, 0.05) is 105 Å². The first-order valence-corrected chi connectivity index (χ1v) is 43.7.